The fraction of sp³-hybridized carbons (Fsp3) is 0.212. The minimum atomic E-state index is -0.989. The molecule has 0 spiro atoms. The Morgan fingerprint density at radius 3 is 2.13 bits per heavy atom. The summed E-state index contributed by atoms with van der Waals surface area (Å²) in [5.74, 6) is -0.619. The van der Waals surface area contributed by atoms with Crippen molar-refractivity contribution in [1.82, 2.24) is 5.32 Å². The minimum Gasteiger partial charge on any atom is -0.489 e. The topological polar surface area (TPSA) is 103 Å². The monoisotopic (exact) mass is 520 g/mol. The molecule has 4 aromatic carbocycles. The van der Waals surface area contributed by atoms with Crippen molar-refractivity contribution in [3.63, 3.8) is 0 Å². The van der Waals surface area contributed by atoms with Gasteiger partial charge in [0.05, 0.1) is 11.1 Å². The van der Waals surface area contributed by atoms with E-state index < -0.39 is 12.1 Å². The van der Waals surface area contributed by atoms with Gasteiger partial charge in [0, 0.05) is 12.1 Å². The molecule has 0 aliphatic heterocycles. The van der Waals surface area contributed by atoms with Gasteiger partial charge in [-0.05, 0) is 72.4 Å². The number of nitrogens with zero attached hydrogens (tertiary/aromatic N) is 1. The highest BCUT2D eigenvalue weighted by Crippen LogP contribution is 2.28. The average Bonchev–Trinajstić information content (AvgIpc) is 2.95. The van der Waals surface area contributed by atoms with E-state index in [0.29, 0.717) is 17.9 Å². The fourth-order valence-electron chi connectivity index (χ4n) is 4.38. The van der Waals surface area contributed by atoms with E-state index in [2.05, 4.69) is 61.6 Å². The molecule has 0 amide bonds. The summed E-state index contributed by atoms with van der Waals surface area (Å²) in [5.41, 5.74) is 5.45. The molecule has 0 fully saturated rings. The lowest BCUT2D eigenvalue weighted by Crippen LogP contribution is -2.46. The first-order valence-corrected chi connectivity index (χ1v) is 12.8. The lowest BCUT2D eigenvalue weighted by molar-refractivity contribution is 0.0697. The van der Waals surface area contributed by atoms with Gasteiger partial charge in [-0.15, -0.1) is 0 Å². The normalized spacial score (nSPS) is 11.9. The second kappa shape index (κ2) is 12.4. The van der Waals surface area contributed by atoms with E-state index >= 15 is 0 Å². The van der Waals surface area contributed by atoms with E-state index in [1.807, 2.05) is 18.2 Å². The Bertz CT molecular complexity index is 1440. The lowest BCUT2D eigenvalue weighted by atomic mass is 9.93. The second-order valence-corrected chi connectivity index (χ2v) is 10.2. The van der Waals surface area contributed by atoms with E-state index in [1.54, 1.807) is 30.3 Å². The maximum absolute atomic E-state index is 11.1. The third-order valence-corrected chi connectivity index (χ3v) is 6.52. The predicted molar refractivity (Wildman–Crippen MR) is 153 cm³/mol. The number of aliphatic hydroxyl groups excluding tert-OH is 1. The number of nitrogens with one attached hydrogen (secondary N) is 1. The van der Waals surface area contributed by atoms with Crippen LogP contribution in [-0.2, 0) is 6.42 Å². The van der Waals surface area contributed by atoms with Crippen LogP contribution in [0.5, 0.6) is 5.75 Å². The molecule has 39 heavy (non-hydrogen) atoms. The third-order valence-electron chi connectivity index (χ3n) is 6.52. The van der Waals surface area contributed by atoms with Crippen LogP contribution in [0.1, 0.15) is 35.3 Å². The van der Waals surface area contributed by atoms with Gasteiger partial charge >= 0.3 is 5.97 Å². The van der Waals surface area contributed by atoms with Gasteiger partial charge in [0.25, 0.3) is 0 Å². The minimum absolute atomic E-state index is 0.0188. The van der Waals surface area contributed by atoms with Gasteiger partial charge in [0.2, 0.25) is 0 Å². The standard InChI is InChI=1S/C33H32N2O4/c1-33(2,19-23-8-10-25(11-9-23)24-6-4-3-5-7-24)35-21-30(36)22-39-31-18-28(16-17-29(31)20-34)26-12-14-27(15-13-26)32(37)38/h3-18,30,35-36H,19,21-22H2,1-2H3,(H,37,38). The molecule has 0 bridgehead atoms. The first-order valence-electron chi connectivity index (χ1n) is 12.8. The Kier molecular flexibility index (Phi) is 8.77. The summed E-state index contributed by atoms with van der Waals surface area (Å²) in [6.07, 6.45) is 0.00602. The molecule has 3 N–H and O–H groups in total. The molecule has 0 heterocycles. The fourth-order valence-corrected chi connectivity index (χ4v) is 4.38. The van der Waals surface area contributed by atoms with Crippen molar-refractivity contribution in [3.8, 4) is 34.1 Å². The Morgan fingerprint density at radius 2 is 1.49 bits per heavy atom. The quantitative estimate of drug-likeness (QED) is 0.226. The van der Waals surface area contributed by atoms with Crippen molar-refractivity contribution in [2.45, 2.75) is 31.9 Å². The highest BCUT2D eigenvalue weighted by atomic mass is 16.5. The number of carboxylic acid groups (broad SMARTS) is 1. The van der Waals surface area contributed by atoms with Crippen LogP contribution >= 0.6 is 0 Å². The molecule has 0 aliphatic carbocycles. The first-order chi connectivity index (χ1) is 18.7. The number of carbonyl (C=O) groups is 1. The molecule has 1 unspecified atom stereocenters. The molecule has 6 nitrogen and oxygen atoms in total. The average molecular weight is 521 g/mol. The van der Waals surface area contributed by atoms with Crippen molar-refractivity contribution in [3.05, 3.63) is 114 Å². The highest BCUT2D eigenvalue weighted by molar-refractivity contribution is 5.88. The molecule has 0 saturated carbocycles. The van der Waals surface area contributed by atoms with E-state index in [0.717, 1.165) is 17.5 Å². The number of carboxylic acids is 1. The lowest BCUT2D eigenvalue weighted by Gasteiger charge is -2.28. The number of aliphatic hydroxyl groups is 1. The Morgan fingerprint density at radius 1 is 0.897 bits per heavy atom. The van der Waals surface area contributed by atoms with Gasteiger partial charge in [-0.1, -0.05) is 72.8 Å². The van der Waals surface area contributed by atoms with E-state index in [-0.39, 0.29) is 17.7 Å². The van der Waals surface area contributed by atoms with Crippen LogP contribution in [0.4, 0.5) is 0 Å². The first kappa shape index (κ1) is 27.6. The predicted octanol–water partition coefficient (Wildman–Crippen LogP) is 5.94. The van der Waals surface area contributed by atoms with Crippen LogP contribution in [0.3, 0.4) is 0 Å². The van der Waals surface area contributed by atoms with Crippen LogP contribution in [0.15, 0.2) is 97.1 Å². The van der Waals surface area contributed by atoms with E-state index in [1.165, 1.54) is 28.8 Å². The maximum Gasteiger partial charge on any atom is 0.335 e. The zero-order chi connectivity index (χ0) is 27.8. The Balaban J connectivity index is 1.32. The molecule has 198 valence electrons. The van der Waals surface area contributed by atoms with E-state index in [9.17, 15) is 15.2 Å². The number of hydrogen-bond acceptors (Lipinski definition) is 5. The molecular formula is C33H32N2O4. The van der Waals surface area contributed by atoms with Crippen LogP contribution in [0, 0.1) is 11.3 Å². The number of nitriles is 1. The molecular weight excluding hydrogens is 488 g/mol. The van der Waals surface area contributed by atoms with Crippen molar-refractivity contribution in [2.24, 2.45) is 0 Å². The van der Waals surface area contributed by atoms with Gasteiger partial charge in [0.1, 0.15) is 24.5 Å². The van der Waals surface area contributed by atoms with Gasteiger partial charge in [-0.2, -0.15) is 5.26 Å². The molecule has 0 aliphatic rings. The van der Waals surface area contributed by atoms with Crippen molar-refractivity contribution < 1.29 is 19.7 Å². The number of hydrogen-bond donors (Lipinski definition) is 3. The van der Waals surface area contributed by atoms with E-state index in [4.69, 9.17) is 9.84 Å². The van der Waals surface area contributed by atoms with Crippen molar-refractivity contribution in [2.75, 3.05) is 13.2 Å². The molecule has 4 aromatic rings. The number of benzene rings is 4. The van der Waals surface area contributed by atoms with Crippen LogP contribution in [-0.4, -0.2) is 41.0 Å². The SMILES string of the molecule is CC(C)(Cc1ccc(-c2ccccc2)cc1)NCC(O)COc1cc(-c2ccc(C(=O)O)cc2)ccc1C#N. The summed E-state index contributed by atoms with van der Waals surface area (Å²) in [6, 6.07) is 32.6. The molecule has 6 heteroatoms. The molecule has 0 aromatic heterocycles. The summed E-state index contributed by atoms with van der Waals surface area (Å²) in [5, 5.41) is 32.7. The number of β-amino-alcohol motifs (C(OH)–C–C–N with tert-alkyl or cyclic N) is 1. The summed E-state index contributed by atoms with van der Waals surface area (Å²) in [7, 11) is 0. The molecule has 0 saturated heterocycles. The van der Waals surface area contributed by atoms with Gasteiger partial charge in [-0.3, -0.25) is 0 Å². The largest absolute Gasteiger partial charge is 0.489 e. The van der Waals surface area contributed by atoms with Crippen LogP contribution in [0.25, 0.3) is 22.3 Å². The maximum atomic E-state index is 11.1. The van der Waals surface area contributed by atoms with Gasteiger partial charge in [0.15, 0.2) is 0 Å². The number of rotatable bonds is 11. The number of aromatic carboxylic acids is 1. The number of ether oxygens (including phenoxy) is 1. The zero-order valence-corrected chi connectivity index (χ0v) is 22.1. The zero-order valence-electron chi connectivity index (χ0n) is 22.1. The summed E-state index contributed by atoms with van der Waals surface area (Å²) in [6.45, 7) is 4.54. The summed E-state index contributed by atoms with van der Waals surface area (Å²) < 4.78 is 5.85. The summed E-state index contributed by atoms with van der Waals surface area (Å²) >= 11 is 0. The van der Waals surface area contributed by atoms with Crippen LogP contribution in [0.2, 0.25) is 0 Å². The van der Waals surface area contributed by atoms with Crippen LogP contribution < -0.4 is 10.1 Å². The van der Waals surface area contributed by atoms with Crippen molar-refractivity contribution in [1.29, 1.82) is 5.26 Å². The van der Waals surface area contributed by atoms with Crippen molar-refractivity contribution >= 4 is 5.97 Å². The third kappa shape index (κ3) is 7.55. The Hall–Kier alpha value is -4.44. The smallest absolute Gasteiger partial charge is 0.335 e. The summed E-state index contributed by atoms with van der Waals surface area (Å²) in [4.78, 5) is 11.1. The second-order valence-electron chi connectivity index (χ2n) is 10.2. The molecule has 4 rings (SSSR count). The van der Waals surface area contributed by atoms with Gasteiger partial charge < -0.3 is 20.3 Å². The highest BCUT2D eigenvalue weighted by Gasteiger charge is 2.20. The Labute approximate surface area is 229 Å². The molecule has 0 radical (unpaired) electrons. The van der Waals surface area contributed by atoms with Gasteiger partial charge in [-0.25, -0.2) is 4.79 Å². The molecule has 1 atom stereocenters.